The Morgan fingerprint density at radius 3 is 2.34 bits per heavy atom. The largest absolute Gasteiger partial charge is 0.493 e. The van der Waals surface area contributed by atoms with E-state index < -0.39 is 10.8 Å². The number of benzene rings is 1. The molecule has 1 fully saturated rings. The summed E-state index contributed by atoms with van der Waals surface area (Å²) in [5.41, 5.74) is -0.334. The third-order valence-corrected chi connectivity index (χ3v) is 5.01. The Morgan fingerprint density at radius 1 is 1.21 bits per heavy atom. The van der Waals surface area contributed by atoms with Crippen LogP contribution in [0.5, 0.6) is 11.5 Å². The number of hydrogen-bond donors (Lipinski definition) is 0. The van der Waals surface area contributed by atoms with E-state index >= 15 is 0 Å². The van der Waals surface area contributed by atoms with Crippen molar-refractivity contribution in [2.24, 2.45) is 0 Å². The van der Waals surface area contributed by atoms with Crippen LogP contribution in [0.15, 0.2) is 16.5 Å². The highest BCUT2D eigenvalue weighted by atomic mass is 16.6. The zero-order chi connectivity index (χ0) is 21.1. The summed E-state index contributed by atoms with van der Waals surface area (Å²) in [5.74, 6) is 1.46. The van der Waals surface area contributed by atoms with Crippen molar-refractivity contribution in [2.75, 3.05) is 27.3 Å². The molecule has 0 aliphatic carbocycles. The van der Waals surface area contributed by atoms with Gasteiger partial charge in [0.15, 0.2) is 11.5 Å². The maximum absolute atomic E-state index is 13.0. The van der Waals surface area contributed by atoms with Crippen LogP contribution in [0.4, 0.5) is 5.69 Å². The van der Waals surface area contributed by atoms with Crippen molar-refractivity contribution in [3.8, 4) is 11.5 Å². The first-order valence-electron chi connectivity index (χ1n) is 9.38. The van der Waals surface area contributed by atoms with E-state index in [-0.39, 0.29) is 34.6 Å². The molecule has 1 aliphatic heterocycles. The molecule has 1 aromatic heterocycles. The van der Waals surface area contributed by atoms with Gasteiger partial charge in [-0.05, 0) is 12.8 Å². The summed E-state index contributed by atoms with van der Waals surface area (Å²) < 4.78 is 16.0. The first-order chi connectivity index (χ1) is 13.8. The number of likely N-dealkylation sites (tertiary alicyclic amines) is 1. The minimum absolute atomic E-state index is 0.0222. The SMILES string of the molecule is COc1cc(C(=O)N2CCC(c3nnc(C(C)C)o3)CC2)c([N+](=O)[O-])cc1OC. The molecule has 0 unspecified atom stereocenters. The van der Waals surface area contributed by atoms with Crippen molar-refractivity contribution in [1.29, 1.82) is 0 Å². The van der Waals surface area contributed by atoms with Gasteiger partial charge < -0.3 is 18.8 Å². The fourth-order valence-electron chi connectivity index (χ4n) is 3.34. The minimum Gasteiger partial charge on any atom is -0.493 e. The van der Waals surface area contributed by atoms with Crippen LogP contribution in [0, 0.1) is 10.1 Å². The van der Waals surface area contributed by atoms with Gasteiger partial charge in [0.05, 0.1) is 25.2 Å². The average Bonchev–Trinajstić information content (AvgIpc) is 3.23. The van der Waals surface area contributed by atoms with Gasteiger partial charge in [0, 0.05) is 31.0 Å². The molecule has 2 heterocycles. The standard InChI is InChI=1S/C19H24N4O6/c1-11(2)17-20-21-18(29-17)12-5-7-22(8-6-12)19(24)13-9-15(27-3)16(28-4)10-14(13)23(25)26/h9-12H,5-8H2,1-4H3. The number of nitro benzene ring substituents is 1. The zero-order valence-corrected chi connectivity index (χ0v) is 16.9. The number of piperidine rings is 1. The van der Waals surface area contributed by atoms with E-state index in [9.17, 15) is 14.9 Å². The van der Waals surface area contributed by atoms with Crippen molar-refractivity contribution in [2.45, 2.75) is 38.5 Å². The number of methoxy groups -OCH3 is 2. The molecule has 1 aromatic carbocycles. The van der Waals surface area contributed by atoms with Crippen LogP contribution in [0.3, 0.4) is 0 Å². The molecule has 0 atom stereocenters. The van der Waals surface area contributed by atoms with Crippen molar-refractivity contribution in [1.82, 2.24) is 15.1 Å². The van der Waals surface area contributed by atoms with Crippen LogP contribution in [0.2, 0.25) is 0 Å². The molecule has 0 bridgehead atoms. The highest BCUT2D eigenvalue weighted by molar-refractivity contribution is 5.99. The molecule has 0 N–H and O–H groups in total. The fraction of sp³-hybridized carbons (Fsp3) is 0.526. The van der Waals surface area contributed by atoms with Gasteiger partial charge in [-0.2, -0.15) is 0 Å². The van der Waals surface area contributed by atoms with Gasteiger partial charge in [-0.1, -0.05) is 13.8 Å². The molecule has 10 heteroatoms. The summed E-state index contributed by atoms with van der Waals surface area (Å²) in [7, 11) is 2.80. The van der Waals surface area contributed by atoms with Gasteiger partial charge in [-0.3, -0.25) is 14.9 Å². The van der Waals surface area contributed by atoms with Crippen molar-refractivity contribution < 1.29 is 23.6 Å². The minimum atomic E-state index is -0.589. The van der Waals surface area contributed by atoms with Crippen LogP contribution in [0.25, 0.3) is 0 Å². The summed E-state index contributed by atoms with van der Waals surface area (Å²) in [6, 6.07) is 2.57. The van der Waals surface area contributed by atoms with Gasteiger partial charge in [0.1, 0.15) is 5.56 Å². The molecule has 1 aliphatic rings. The summed E-state index contributed by atoms with van der Waals surface area (Å²) >= 11 is 0. The lowest BCUT2D eigenvalue weighted by Crippen LogP contribution is -2.38. The smallest absolute Gasteiger partial charge is 0.286 e. The van der Waals surface area contributed by atoms with E-state index in [1.165, 1.54) is 26.4 Å². The maximum Gasteiger partial charge on any atom is 0.286 e. The lowest BCUT2D eigenvalue weighted by atomic mass is 9.96. The number of nitro groups is 1. The number of amides is 1. The fourth-order valence-corrected chi connectivity index (χ4v) is 3.34. The van der Waals surface area contributed by atoms with Gasteiger partial charge >= 0.3 is 0 Å². The molecule has 0 radical (unpaired) electrons. The predicted octanol–water partition coefficient (Wildman–Crippen LogP) is 3.14. The van der Waals surface area contributed by atoms with Crippen LogP contribution in [0.1, 0.15) is 60.7 Å². The van der Waals surface area contributed by atoms with Crippen LogP contribution in [-0.4, -0.2) is 53.2 Å². The lowest BCUT2D eigenvalue weighted by Gasteiger charge is -2.30. The summed E-state index contributed by atoms with van der Waals surface area (Å²) in [6.45, 7) is 4.84. The second kappa shape index (κ2) is 8.46. The van der Waals surface area contributed by atoms with Crippen LogP contribution >= 0.6 is 0 Å². The number of nitrogens with zero attached hydrogens (tertiary/aromatic N) is 4. The number of hydrogen-bond acceptors (Lipinski definition) is 8. The Hall–Kier alpha value is -3.17. The molecule has 10 nitrogen and oxygen atoms in total. The first kappa shape index (κ1) is 20.6. The molecular weight excluding hydrogens is 380 g/mol. The monoisotopic (exact) mass is 404 g/mol. The Bertz CT molecular complexity index is 902. The number of carbonyl (C=O) groups is 1. The Balaban J connectivity index is 1.77. The first-order valence-corrected chi connectivity index (χ1v) is 9.38. The molecule has 3 rings (SSSR count). The molecule has 2 aromatic rings. The molecule has 29 heavy (non-hydrogen) atoms. The third kappa shape index (κ3) is 4.15. The lowest BCUT2D eigenvalue weighted by molar-refractivity contribution is -0.385. The van der Waals surface area contributed by atoms with Gasteiger partial charge in [-0.15, -0.1) is 10.2 Å². The number of rotatable bonds is 6. The van der Waals surface area contributed by atoms with Crippen molar-refractivity contribution in [3.63, 3.8) is 0 Å². The molecule has 156 valence electrons. The van der Waals surface area contributed by atoms with Gasteiger partial charge in [-0.25, -0.2) is 0 Å². The second-order valence-electron chi connectivity index (χ2n) is 7.18. The molecule has 0 spiro atoms. The van der Waals surface area contributed by atoms with E-state index in [1.54, 1.807) is 4.90 Å². The Morgan fingerprint density at radius 2 is 1.83 bits per heavy atom. The molecule has 1 saturated heterocycles. The topological polar surface area (TPSA) is 121 Å². The summed E-state index contributed by atoms with van der Waals surface area (Å²) in [6.07, 6.45) is 1.29. The molecule has 0 saturated carbocycles. The maximum atomic E-state index is 13.0. The molecule has 1 amide bonds. The second-order valence-corrected chi connectivity index (χ2v) is 7.18. The van der Waals surface area contributed by atoms with Crippen molar-refractivity contribution in [3.05, 3.63) is 39.6 Å². The quantitative estimate of drug-likeness (QED) is 0.532. The summed E-state index contributed by atoms with van der Waals surface area (Å²) in [5, 5.41) is 19.7. The average molecular weight is 404 g/mol. The zero-order valence-electron chi connectivity index (χ0n) is 16.9. The van der Waals surface area contributed by atoms with E-state index in [0.29, 0.717) is 37.7 Å². The highest BCUT2D eigenvalue weighted by Crippen LogP contribution is 2.36. The van der Waals surface area contributed by atoms with Crippen LogP contribution < -0.4 is 9.47 Å². The Labute approximate surface area is 168 Å². The normalized spacial score (nSPS) is 14.9. The van der Waals surface area contributed by atoms with Gasteiger partial charge in [0.2, 0.25) is 11.8 Å². The van der Waals surface area contributed by atoms with Crippen molar-refractivity contribution >= 4 is 11.6 Å². The van der Waals surface area contributed by atoms with E-state index in [4.69, 9.17) is 13.9 Å². The van der Waals surface area contributed by atoms with E-state index in [2.05, 4.69) is 10.2 Å². The number of ether oxygens (including phenoxy) is 2. The Kier molecular flexibility index (Phi) is 6.00. The number of aromatic nitrogens is 2. The summed E-state index contributed by atoms with van der Waals surface area (Å²) in [4.78, 5) is 25.5. The predicted molar refractivity (Wildman–Crippen MR) is 102 cm³/mol. The third-order valence-electron chi connectivity index (χ3n) is 5.01. The number of carbonyl (C=O) groups excluding carboxylic acids is 1. The molecular formula is C19H24N4O6. The highest BCUT2D eigenvalue weighted by Gasteiger charge is 2.32. The van der Waals surface area contributed by atoms with Gasteiger partial charge in [0.25, 0.3) is 11.6 Å². The van der Waals surface area contributed by atoms with Crippen LogP contribution in [-0.2, 0) is 0 Å². The van der Waals surface area contributed by atoms with E-state index in [0.717, 1.165) is 0 Å². The van der Waals surface area contributed by atoms with E-state index in [1.807, 2.05) is 13.8 Å².